The van der Waals surface area contributed by atoms with Crippen molar-refractivity contribution in [3.63, 3.8) is 0 Å². The van der Waals surface area contributed by atoms with Gasteiger partial charge in [0.2, 0.25) is 5.91 Å². The fourth-order valence-electron chi connectivity index (χ4n) is 2.92. The number of rotatable bonds is 6. The summed E-state index contributed by atoms with van der Waals surface area (Å²) in [5, 5.41) is 12.0. The second-order valence-electron chi connectivity index (χ2n) is 5.69. The molecule has 1 unspecified atom stereocenters. The van der Waals surface area contributed by atoms with Crippen LogP contribution in [0.2, 0.25) is 0 Å². The van der Waals surface area contributed by atoms with E-state index in [4.69, 9.17) is 14.6 Å². The first-order valence-corrected chi connectivity index (χ1v) is 7.32. The number of nitrogens with one attached hydrogen (secondary N) is 1. The largest absolute Gasteiger partial charge is 0.481 e. The Kier molecular flexibility index (Phi) is 5.37. The molecule has 0 aromatic heterocycles. The van der Waals surface area contributed by atoms with E-state index in [2.05, 4.69) is 5.32 Å². The molecule has 0 spiro atoms. The van der Waals surface area contributed by atoms with Gasteiger partial charge in [-0.2, -0.15) is 0 Å². The maximum absolute atomic E-state index is 12.1. The van der Waals surface area contributed by atoms with Gasteiger partial charge in [0.05, 0.1) is 18.1 Å². The Bertz CT molecular complexity index is 345. The highest BCUT2D eigenvalue weighted by Gasteiger charge is 2.36. The third-order valence-electron chi connectivity index (χ3n) is 4.06. The van der Waals surface area contributed by atoms with Gasteiger partial charge in [-0.3, -0.25) is 9.59 Å². The van der Waals surface area contributed by atoms with Gasteiger partial charge in [-0.25, -0.2) is 0 Å². The summed E-state index contributed by atoms with van der Waals surface area (Å²) >= 11 is 0. The first-order valence-electron chi connectivity index (χ1n) is 7.32. The summed E-state index contributed by atoms with van der Waals surface area (Å²) in [6.07, 6.45) is 4.45. The minimum absolute atomic E-state index is 0.0397. The minimum Gasteiger partial charge on any atom is -0.481 e. The molecule has 20 heavy (non-hydrogen) atoms. The van der Waals surface area contributed by atoms with Crippen LogP contribution in [0.1, 0.15) is 44.9 Å². The molecule has 0 saturated carbocycles. The molecule has 0 bridgehead atoms. The Balaban J connectivity index is 1.82. The van der Waals surface area contributed by atoms with Gasteiger partial charge in [0.1, 0.15) is 0 Å². The molecule has 6 heteroatoms. The summed E-state index contributed by atoms with van der Waals surface area (Å²) < 4.78 is 10.8. The molecule has 2 rings (SSSR count). The van der Waals surface area contributed by atoms with E-state index in [9.17, 15) is 9.59 Å². The monoisotopic (exact) mass is 285 g/mol. The number of carbonyl (C=O) groups excluding carboxylic acids is 1. The first kappa shape index (κ1) is 15.3. The zero-order valence-corrected chi connectivity index (χ0v) is 11.7. The van der Waals surface area contributed by atoms with Crippen molar-refractivity contribution in [3.8, 4) is 0 Å². The molecule has 2 aliphatic rings. The van der Waals surface area contributed by atoms with Gasteiger partial charge in [-0.05, 0) is 32.1 Å². The third kappa shape index (κ3) is 4.45. The van der Waals surface area contributed by atoms with Crippen LogP contribution < -0.4 is 5.32 Å². The fourth-order valence-corrected chi connectivity index (χ4v) is 2.92. The van der Waals surface area contributed by atoms with Crippen molar-refractivity contribution < 1.29 is 24.2 Å². The van der Waals surface area contributed by atoms with Crippen LogP contribution in [-0.4, -0.2) is 48.4 Å². The molecule has 2 heterocycles. The standard InChI is InChI=1S/C14H23NO5/c16-12(4-3-11-2-1-7-20-11)15-14(10-13(17)18)5-8-19-9-6-14/h11H,1-10H2,(H,15,16)(H,17,18). The number of carboxylic acid groups (broad SMARTS) is 1. The van der Waals surface area contributed by atoms with Gasteiger partial charge in [0.15, 0.2) is 0 Å². The van der Waals surface area contributed by atoms with Gasteiger partial charge < -0.3 is 19.9 Å². The highest BCUT2D eigenvalue weighted by molar-refractivity contribution is 5.78. The van der Waals surface area contributed by atoms with E-state index in [0.29, 0.717) is 38.9 Å². The van der Waals surface area contributed by atoms with Crippen LogP contribution in [0.4, 0.5) is 0 Å². The lowest BCUT2D eigenvalue weighted by Gasteiger charge is -2.37. The van der Waals surface area contributed by atoms with Crippen LogP contribution >= 0.6 is 0 Å². The summed E-state index contributed by atoms with van der Waals surface area (Å²) in [5.41, 5.74) is -0.641. The van der Waals surface area contributed by atoms with E-state index in [1.54, 1.807) is 0 Å². The van der Waals surface area contributed by atoms with Gasteiger partial charge >= 0.3 is 5.97 Å². The molecule has 2 saturated heterocycles. The average Bonchev–Trinajstić information content (AvgIpc) is 2.89. The van der Waals surface area contributed by atoms with Gasteiger partial charge in [-0.15, -0.1) is 0 Å². The molecule has 0 aromatic rings. The maximum atomic E-state index is 12.1. The summed E-state index contributed by atoms with van der Waals surface area (Å²) in [6.45, 7) is 1.78. The number of ether oxygens (including phenoxy) is 2. The molecule has 0 radical (unpaired) electrons. The molecule has 2 aliphatic heterocycles. The molecule has 0 aliphatic carbocycles. The van der Waals surface area contributed by atoms with E-state index in [0.717, 1.165) is 19.4 Å². The van der Waals surface area contributed by atoms with E-state index < -0.39 is 11.5 Å². The molecule has 0 aromatic carbocycles. The zero-order chi connectivity index (χ0) is 14.4. The van der Waals surface area contributed by atoms with Crippen LogP contribution in [0.15, 0.2) is 0 Å². The lowest BCUT2D eigenvalue weighted by atomic mass is 9.86. The minimum atomic E-state index is -0.883. The van der Waals surface area contributed by atoms with E-state index in [1.807, 2.05) is 0 Å². The molecule has 6 nitrogen and oxygen atoms in total. The van der Waals surface area contributed by atoms with E-state index in [-0.39, 0.29) is 18.4 Å². The molecule has 2 N–H and O–H groups in total. The fraction of sp³-hybridized carbons (Fsp3) is 0.857. The predicted octanol–water partition coefficient (Wildman–Crippen LogP) is 1.09. The Morgan fingerprint density at radius 3 is 2.60 bits per heavy atom. The molecule has 1 atom stereocenters. The molecular formula is C14H23NO5. The lowest BCUT2D eigenvalue weighted by Crippen LogP contribution is -2.53. The smallest absolute Gasteiger partial charge is 0.305 e. The number of carbonyl (C=O) groups is 2. The average molecular weight is 285 g/mol. The topological polar surface area (TPSA) is 84.9 Å². The van der Waals surface area contributed by atoms with Crippen molar-refractivity contribution in [2.24, 2.45) is 0 Å². The first-order chi connectivity index (χ1) is 9.60. The normalized spacial score (nSPS) is 25.3. The van der Waals surface area contributed by atoms with Crippen LogP contribution in [0, 0.1) is 0 Å². The zero-order valence-electron chi connectivity index (χ0n) is 11.7. The Morgan fingerprint density at radius 2 is 2.00 bits per heavy atom. The molecule has 114 valence electrons. The SMILES string of the molecule is O=C(O)CC1(NC(=O)CCC2CCCO2)CCOCC1. The quantitative estimate of drug-likeness (QED) is 0.763. The second-order valence-corrected chi connectivity index (χ2v) is 5.69. The van der Waals surface area contributed by atoms with Crippen molar-refractivity contribution in [3.05, 3.63) is 0 Å². The van der Waals surface area contributed by atoms with E-state index in [1.165, 1.54) is 0 Å². The lowest BCUT2D eigenvalue weighted by molar-refractivity contribution is -0.140. The number of carboxylic acids is 1. The Hall–Kier alpha value is -1.14. The van der Waals surface area contributed by atoms with Gasteiger partial charge in [-0.1, -0.05) is 0 Å². The number of aliphatic carboxylic acids is 1. The van der Waals surface area contributed by atoms with Crippen LogP contribution in [0.5, 0.6) is 0 Å². The van der Waals surface area contributed by atoms with Crippen LogP contribution in [0.3, 0.4) is 0 Å². The van der Waals surface area contributed by atoms with Crippen LogP contribution in [0.25, 0.3) is 0 Å². The Labute approximate surface area is 118 Å². The summed E-state index contributed by atoms with van der Waals surface area (Å²) in [4.78, 5) is 23.1. The molecule has 2 fully saturated rings. The summed E-state index contributed by atoms with van der Waals surface area (Å²) in [5.74, 6) is -0.963. The summed E-state index contributed by atoms with van der Waals surface area (Å²) in [7, 11) is 0. The Morgan fingerprint density at radius 1 is 1.25 bits per heavy atom. The highest BCUT2D eigenvalue weighted by atomic mass is 16.5. The predicted molar refractivity (Wildman–Crippen MR) is 71.4 cm³/mol. The van der Waals surface area contributed by atoms with Crippen molar-refractivity contribution >= 4 is 11.9 Å². The number of hydrogen-bond acceptors (Lipinski definition) is 4. The highest BCUT2D eigenvalue weighted by Crippen LogP contribution is 2.25. The van der Waals surface area contributed by atoms with Crippen molar-refractivity contribution in [1.29, 1.82) is 0 Å². The van der Waals surface area contributed by atoms with Crippen molar-refractivity contribution in [1.82, 2.24) is 5.32 Å². The number of hydrogen-bond donors (Lipinski definition) is 2. The number of amides is 1. The second kappa shape index (κ2) is 7.04. The summed E-state index contributed by atoms with van der Waals surface area (Å²) in [6, 6.07) is 0. The van der Waals surface area contributed by atoms with Crippen molar-refractivity contribution in [2.75, 3.05) is 19.8 Å². The van der Waals surface area contributed by atoms with Gasteiger partial charge in [0, 0.05) is 26.2 Å². The maximum Gasteiger partial charge on any atom is 0.305 e. The van der Waals surface area contributed by atoms with Gasteiger partial charge in [0.25, 0.3) is 0 Å². The molecular weight excluding hydrogens is 262 g/mol. The molecule has 1 amide bonds. The van der Waals surface area contributed by atoms with Crippen LogP contribution in [-0.2, 0) is 19.1 Å². The third-order valence-corrected chi connectivity index (χ3v) is 4.06. The van der Waals surface area contributed by atoms with Crippen molar-refractivity contribution in [2.45, 2.75) is 56.6 Å². The van der Waals surface area contributed by atoms with E-state index >= 15 is 0 Å².